The molecule has 30 heavy (non-hydrogen) atoms. The third kappa shape index (κ3) is 3.77. The summed E-state index contributed by atoms with van der Waals surface area (Å²) in [5.41, 5.74) is 4.13. The van der Waals surface area contributed by atoms with Crippen LogP contribution in [-0.2, 0) is 11.8 Å². The fourth-order valence-electron chi connectivity index (χ4n) is 4.09. The molecule has 0 unspecified atom stereocenters. The highest BCUT2D eigenvalue weighted by atomic mass is 16.2. The van der Waals surface area contributed by atoms with Crippen LogP contribution >= 0.6 is 0 Å². The molecule has 1 aliphatic rings. The summed E-state index contributed by atoms with van der Waals surface area (Å²) in [5.74, 6) is -0.152. The molecule has 1 saturated heterocycles. The third-order valence-corrected chi connectivity index (χ3v) is 6.07. The molecule has 1 aliphatic heterocycles. The molecule has 1 aromatic heterocycles. The number of aryl methyl sites for hydroxylation is 1. The maximum atomic E-state index is 13.0. The molecule has 156 valence electrons. The second-order valence-electron chi connectivity index (χ2n) is 8.02. The molecule has 3 aromatic rings. The summed E-state index contributed by atoms with van der Waals surface area (Å²) in [6.07, 6.45) is 1.55. The van der Waals surface area contributed by atoms with E-state index in [1.165, 1.54) is 11.3 Å². The van der Waals surface area contributed by atoms with Gasteiger partial charge in [-0.25, -0.2) is 4.68 Å². The second-order valence-corrected chi connectivity index (χ2v) is 8.02. The van der Waals surface area contributed by atoms with Gasteiger partial charge in [-0.1, -0.05) is 35.9 Å². The van der Waals surface area contributed by atoms with E-state index in [1.54, 1.807) is 9.36 Å². The Balaban J connectivity index is 1.46. The van der Waals surface area contributed by atoms with Crippen molar-refractivity contribution in [3.8, 4) is 5.69 Å². The van der Waals surface area contributed by atoms with Gasteiger partial charge in [-0.3, -0.25) is 14.3 Å². The van der Waals surface area contributed by atoms with E-state index in [4.69, 9.17) is 0 Å². The lowest BCUT2D eigenvalue weighted by Gasteiger charge is -2.33. The van der Waals surface area contributed by atoms with Crippen LogP contribution in [0.2, 0.25) is 0 Å². The van der Waals surface area contributed by atoms with Crippen LogP contribution in [0.3, 0.4) is 0 Å². The molecule has 2 aromatic carbocycles. The Morgan fingerprint density at radius 3 is 2.20 bits per heavy atom. The van der Waals surface area contributed by atoms with Gasteiger partial charge in [0.25, 0.3) is 5.56 Å². The Labute approximate surface area is 176 Å². The van der Waals surface area contributed by atoms with Gasteiger partial charge in [0.2, 0.25) is 5.91 Å². The Hall–Kier alpha value is -3.28. The predicted molar refractivity (Wildman–Crippen MR) is 120 cm³/mol. The van der Waals surface area contributed by atoms with Gasteiger partial charge in [-0.05, 0) is 51.0 Å². The molecular weight excluding hydrogens is 376 g/mol. The van der Waals surface area contributed by atoms with Crippen molar-refractivity contribution in [3.63, 3.8) is 0 Å². The van der Waals surface area contributed by atoms with Crippen LogP contribution < -0.4 is 15.8 Å². The zero-order valence-electron chi connectivity index (χ0n) is 17.8. The van der Waals surface area contributed by atoms with Gasteiger partial charge >= 0.3 is 0 Å². The Bertz CT molecular complexity index is 1090. The normalized spacial score (nSPS) is 14.7. The highest BCUT2D eigenvalue weighted by molar-refractivity contribution is 5.93. The van der Waals surface area contributed by atoms with E-state index in [1.807, 2.05) is 44.3 Å². The monoisotopic (exact) mass is 404 g/mol. The van der Waals surface area contributed by atoms with Crippen LogP contribution in [0, 0.1) is 19.8 Å². The first kappa shape index (κ1) is 20.0. The third-order valence-electron chi connectivity index (χ3n) is 6.07. The number of carbonyl (C=O) groups is 1. The zero-order chi connectivity index (χ0) is 21.3. The number of aromatic nitrogens is 2. The molecule has 0 saturated carbocycles. The van der Waals surface area contributed by atoms with Crippen LogP contribution in [0.4, 0.5) is 11.4 Å². The number of piperidine rings is 1. The highest BCUT2D eigenvalue weighted by Crippen LogP contribution is 2.25. The highest BCUT2D eigenvalue weighted by Gasteiger charge is 2.27. The predicted octanol–water partition coefficient (Wildman–Crippen LogP) is 3.65. The molecule has 0 aliphatic carbocycles. The minimum Gasteiger partial charge on any atom is -0.371 e. The Morgan fingerprint density at radius 2 is 1.57 bits per heavy atom. The number of carbonyl (C=O) groups excluding carboxylic acids is 1. The van der Waals surface area contributed by atoms with E-state index in [-0.39, 0.29) is 17.4 Å². The van der Waals surface area contributed by atoms with E-state index in [0.29, 0.717) is 5.69 Å². The van der Waals surface area contributed by atoms with Gasteiger partial charge in [-0.2, -0.15) is 0 Å². The van der Waals surface area contributed by atoms with E-state index >= 15 is 0 Å². The van der Waals surface area contributed by atoms with Crippen LogP contribution in [0.15, 0.2) is 59.4 Å². The Kier molecular flexibility index (Phi) is 5.48. The number of rotatable bonds is 4. The topological polar surface area (TPSA) is 59.3 Å². The van der Waals surface area contributed by atoms with Gasteiger partial charge in [0, 0.05) is 31.7 Å². The first-order valence-electron chi connectivity index (χ1n) is 10.4. The number of nitrogens with zero attached hydrogens (tertiary/aromatic N) is 3. The Morgan fingerprint density at radius 1 is 0.933 bits per heavy atom. The van der Waals surface area contributed by atoms with Crippen molar-refractivity contribution in [2.24, 2.45) is 13.0 Å². The van der Waals surface area contributed by atoms with E-state index < -0.39 is 0 Å². The van der Waals surface area contributed by atoms with E-state index in [9.17, 15) is 9.59 Å². The van der Waals surface area contributed by atoms with Crippen LogP contribution in [0.25, 0.3) is 5.69 Å². The summed E-state index contributed by atoms with van der Waals surface area (Å²) in [6, 6.07) is 18.0. The number of benzene rings is 2. The van der Waals surface area contributed by atoms with Gasteiger partial charge < -0.3 is 10.2 Å². The fraction of sp³-hybridized carbons (Fsp3) is 0.333. The van der Waals surface area contributed by atoms with Crippen molar-refractivity contribution in [1.82, 2.24) is 9.36 Å². The summed E-state index contributed by atoms with van der Waals surface area (Å²) in [7, 11) is 1.83. The van der Waals surface area contributed by atoms with Crippen molar-refractivity contribution in [2.45, 2.75) is 26.7 Å². The summed E-state index contributed by atoms with van der Waals surface area (Å²) in [6.45, 7) is 5.61. The van der Waals surface area contributed by atoms with E-state index in [2.05, 4.69) is 41.4 Å². The second kappa shape index (κ2) is 8.22. The average molecular weight is 405 g/mol. The lowest BCUT2D eigenvalue weighted by molar-refractivity contribution is -0.120. The molecule has 2 heterocycles. The maximum absolute atomic E-state index is 13.0. The number of anilines is 2. The van der Waals surface area contributed by atoms with Crippen molar-refractivity contribution >= 4 is 17.3 Å². The molecule has 0 spiro atoms. The number of nitrogens with one attached hydrogen (secondary N) is 1. The lowest BCUT2D eigenvalue weighted by atomic mass is 9.95. The van der Waals surface area contributed by atoms with Crippen molar-refractivity contribution in [2.75, 3.05) is 23.3 Å². The molecule has 1 fully saturated rings. The first-order chi connectivity index (χ1) is 14.5. The van der Waals surface area contributed by atoms with Gasteiger partial charge in [0.1, 0.15) is 5.69 Å². The first-order valence-corrected chi connectivity index (χ1v) is 10.4. The minimum atomic E-state index is -0.202. The summed E-state index contributed by atoms with van der Waals surface area (Å²) in [5, 5.41) is 2.93. The van der Waals surface area contributed by atoms with Crippen LogP contribution in [0.1, 0.15) is 24.1 Å². The molecule has 0 atom stereocenters. The number of amides is 1. The van der Waals surface area contributed by atoms with Gasteiger partial charge in [-0.15, -0.1) is 0 Å². The number of para-hydroxylation sites is 1. The SMILES string of the molecule is Cc1ccc(N2CCC(C(=O)Nc3c(C)n(C)n(-c4ccccc4)c3=O)CC2)cc1. The summed E-state index contributed by atoms with van der Waals surface area (Å²) in [4.78, 5) is 28.3. The molecular formula is C24H28N4O2. The van der Waals surface area contributed by atoms with Crippen LogP contribution in [-0.4, -0.2) is 28.4 Å². The maximum Gasteiger partial charge on any atom is 0.295 e. The summed E-state index contributed by atoms with van der Waals surface area (Å²) >= 11 is 0. The number of hydrogen-bond acceptors (Lipinski definition) is 3. The minimum absolute atomic E-state index is 0.0652. The van der Waals surface area contributed by atoms with E-state index in [0.717, 1.165) is 37.3 Å². The molecule has 6 heteroatoms. The van der Waals surface area contributed by atoms with Gasteiger partial charge in [0.15, 0.2) is 0 Å². The number of hydrogen-bond donors (Lipinski definition) is 1. The standard InChI is InChI=1S/C24H28N4O2/c1-17-9-11-20(12-10-17)27-15-13-19(14-16-27)23(29)25-22-18(2)26(3)28(24(22)30)21-7-5-4-6-8-21/h4-12,19H,13-16H2,1-3H3,(H,25,29). The lowest BCUT2D eigenvalue weighted by Crippen LogP contribution is -2.38. The van der Waals surface area contributed by atoms with Crippen LogP contribution in [0.5, 0.6) is 0 Å². The quantitative estimate of drug-likeness (QED) is 0.722. The smallest absolute Gasteiger partial charge is 0.295 e. The molecule has 6 nitrogen and oxygen atoms in total. The van der Waals surface area contributed by atoms with Crippen molar-refractivity contribution < 1.29 is 4.79 Å². The molecule has 0 bridgehead atoms. The molecule has 4 rings (SSSR count). The largest absolute Gasteiger partial charge is 0.371 e. The van der Waals surface area contributed by atoms with Gasteiger partial charge in [0.05, 0.1) is 11.4 Å². The van der Waals surface area contributed by atoms with Crippen molar-refractivity contribution in [3.05, 3.63) is 76.2 Å². The molecule has 0 radical (unpaired) electrons. The average Bonchev–Trinajstić information content (AvgIpc) is 2.98. The molecule has 1 N–H and O–H groups in total. The molecule has 1 amide bonds. The zero-order valence-corrected chi connectivity index (χ0v) is 17.8. The summed E-state index contributed by atoms with van der Waals surface area (Å²) < 4.78 is 3.37. The fourth-order valence-corrected chi connectivity index (χ4v) is 4.09. The van der Waals surface area contributed by atoms with Crippen molar-refractivity contribution in [1.29, 1.82) is 0 Å².